The highest BCUT2D eigenvalue weighted by Crippen LogP contribution is 2.29. The Labute approximate surface area is 119 Å². The van der Waals surface area contributed by atoms with Gasteiger partial charge in [0.05, 0.1) is 14.2 Å². The molecule has 0 aliphatic rings. The van der Waals surface area contributed by atoms with Gasteiger partial charge in [0.2, 0.25) is 0 Å². The number of nitrogens with two attached hydrogens (primary N) is 1. The van der Waals surface area contributed by atoms with E-state index in [1.54, 1.807) is 21.3 Å². The molecule has 108 valence electrons. The zero-order valence-corrected chi connectivity index (χ0v) is 12.7. The van der Waals surface area contributed by atoms with Crippen LogP contribution in [0.1, 0.15) is 18.0 Å². The first-order valence-electron chi connectivity index (χ1n) is 6.27. The molecule has 1 unspecified atom stereocenters. The molecule has 1 rings (SSSR count). The van der Waals surface area contributed by atoms with E-state index in [1.165, 1.54) is 0 Å². The van der Waals surface area contributed by atoms with Crippen LogP contribution in [0.3, 0.4) is 0 Å². The monoisotopic (exact) mass is 285 g/mol. The summed E-state index contributed by atoms with van der Waals surface area (Å²) in [5.41, 5.74) is 7.21. The first kappa shape index (κ1) is 16.1. The van der Waals surface area contributed by atoms with Gasteiger partial charge in [-0.05, 0) is 30.4 Å². The van der Waals surface area contributed by atoms with Crippen LogP contribution in [-0.2, 0) is 4.74 Å². The summed E-state index contributed by atoms with van der Waals surface area (Å²) < 4.78 is 15.6. The first-order chi connectivity index (χ1) is 9.22. The summed E-state index contributed by atoms with van der Waals surface area (Å²) >= 11 is 1.83. The van der Waals surface area contributed by atoms with Gasteiger partial charge in [-0.25, -0.2) is 0 Å². The van der Waals surface area contributed by atoms with E-state index in [4.69, 9.17) is 19.9 Å². The van der Waals surface area contributed by atoms with Crippen LogP contribution in [0.2, 0.25) is 0 Å². The van der Waals surface area contributed by atoms with Crippen molar-refractivity contribution in [3.05, 3.63) is 23.8 Å². The molecule has 0 amide bonds. The van der Waals surface area contributed by atoms with Gasteiger partial charge in [0.25, 0.3) is 0 Å². The highest BCUT2D eigenvalue weighted by atomic mass is 32.2. The Hall–Kier alpha value is -0.910. The Bertz CT molecular complexity index is 374. The van der Waals surface area contributed by atoms with E-state index in [0.29, 0.717) is 0 Å². The number of ether oxygens (including phenoxy) is 3. The minimum Gasteiger partial charge on any atom is -0.497 e. The van der Waals surface area contributed by atoms with Crippen molar-refractivity contribution < 1.29 is 14.2 Å². The summed E-state index contributed by atoms with van der Waals surface area (Å²) in [5.74, 6) is 3.52. The summed E-state index contributed by atoms with van der Waals surface area (Å²) in [6.45, 7) is 0.796. The molecule has 0 heterocycles. The van der Waals surface area contributed by atoms with Gasteiger partial charge in [0.15, 0.2) is 0 Å². The van der Waals surface area contributed by atoms with Crippen molar-refractivity contribution in [2.45, 2.75) is 12.5 Å². The van der Waals surface area contributed by atoms with Crippen LogP contribution in [0.4, 0.5) is 0 Å². The van der Waals surface area contributed by atoms with Gasteiger partial charge in [0, 0.05) is 31.1 Å². The molecule has 1 aromatic rings. The molecule has 1 atom stereocenters. The van der Waals surface area contributed by atoms with Gasteiger partial charge in [-0.15, -0.1) is 0 Å². The van der Waals surface area contributed by atoms with Gasteiger partial charge in [-0.1, -0.05) is 0 Å². The Morgan fingerprint density at radius 1 is 1.21 bits per heavy atom. The Balaban J connectivity index is 2.56. The molecule has 0 aromatic heterocycles. The van der Waals surface area contributed by atoms with Gasteiger partial charge >= 0.3 is 0 Å². The zero-order valence-electron chi connectivity index (χ0n) is 11.8. The molecule has 0 aliphatic carbocycles. The van der Waals surface area contributed by atoms with Crippen molar-refractivity contribution in [2.24, 2.45) is 5.73 Å². The molecular weight excluding hydrogens is 262 g/mol. The van der Waals surface area contributed by atoms with Crippen molar-refractivity contribution in [3.8, 4) is 11.5 Å². The predicted octanol–water partition coefficient (Wildman–Crippen LogP) is 2.47. The lowest BCUT2D eigenvalue weighted by atomic mass is 10.1. The largest absolute Gasteiger partial charge is 0.497 e. The highest BCUT2D eigenvalue weighted by Gasteiger charge is 2.13. The van der Waals surface area contributed by atoms with Gasteiger partial charge in [-0.2, -0.15) is 11.8 Å². The van der Waals surface area contributed by atoms with Crippen LogP contribution in [0.5, 0.6) is 11.5 Å². The van der Waals surface area contributed by atoms with Gasteiger partial charge < -0.3 is 19.9 Å². The third-order valence-electron chi connectivity index (χ3n) is 2.77. The van der Waals surface area contributed by atoms with Crippen molar-refractivity contribution in [2.75, 3.05) is 39.4 Å². The molecule has 5 heteroatoms. The number of hydrogen-bond donors (Lipinski definition) is 1. The fourth-order valence-corrected chi connectivity index (χ4v) is 2.66. The lowest BCUT2D eigenvalue weighted by Gasteiger charge is -2.16. The van der Waals surface area contributed by atoms with Crippen molar-refractivity contribution in [3.63, 3.8) is 0 Å². The van der Waals surface area contributed by atoms with Crippen molar-refractivity contribution >= 4 is 11.8 Å². The maximum atomic E-state index is 6.22. The Morgan fingerprint density at radius 3 is 2.63 bits per heavy atom. The average Bonchev–Trinajstić information content (AvgIpc) is 2.46. The predicted molar refractivity (Wildman–Crippen MR) is 80.3 cm³/mol. The molecule has 2 N–H and O–H groups in total. The second-order valence-corrected chi connectivity index (χ2v) is 5.29. The quantitative estimate of drug-likeness (QED) is 0.706. The maximum absolute atomic E-state index is 6.22. The molecule has 0 saturated heterocycles. The van der Waals surface area contributed by atoms with E-state index in [0.717, 1.165) is 41.6 Å². The van der Waals surface area contributed by atoms with Crippen LogP contribution in [-0.4, -0.2) is 39.4 Å². The summed E-state index contributed by atoms with van der Waals surface area (Å²) in [6, 6.07) is 5.65. The molecule has 4 nitrogen and oxygen atoms in total. The maximum Gasteiger partial charge on any atom is 0.123 e. The third-order valence-corrected chi connectivity index (χ3v) is 3.94. The zero-order chi connectivity index (χ0) is 14.1. The average molecular weight is 285 g/mol. The molecule has 0 aliphatic heterocycles. The summed E-state index contributed by atoms with van der Waals surface area (Å²) in [6.07, 6.45) is 1.04. The Kier molecular flexibility index (Phi) is 7.70. The second kappa shape index (κ2) is 9.07. The van der Waals surface area contributed by atoms with E-state index >= 15 is 0 Å². The van der Waals surface area contributed by atoms with Crippen molar-refractivity contribution in [1.29, 1.82) is 0 Å². The minimum atomic E-state index is -0.0578. The normalized spacial score (nSPS) is 12.2. The van der Waals surface area contributed by atoms with Crippen LogP contribution >= 0.6 is 11.8 Å². The third kappa shape index (κ3) is 5.30. The molecule has 19 heavy (non-hydrogen) atoms. The second-order valence-electron chi connectivity index (χ2n) is 4.14. The summed E-state index contributed by atoms with van der Waals surface area (Å²) in [5, 5.41) is 0. The molecule has 0 fully saturated rings. The fourth-order valence-electron chi connectivity index (χ4n) is 1.73. The molecule has 0 spiro atoms. The van der Waals surface area contributed by atoms with Crippen LogP contribution in [0, 0.1) is 0 Å². The fraction of sp³-hybridized carbons (Fsp3) is 0.571. The first-order valence-corrected chi connectivity index (χ1v) is 7.42. The Morgan fingerprint density at radius 2 is 2.00 bits per heavy atom. The smallest absolute Gasteiger partial charge is 0.123 e. The lowest BCUT2D eigenvalue weighted by Crippen LogP contribution is -2.14. The molecular formula is C14H23NO3S. The molecule has 0 bridgehead atoms. The van der Waals surface area contributed by atoms with E-state index in [1.807, 2.05) is 30.0 Å². The lowest BCUT2D eigenvalue weighted by molar-refractivity contribution is 0.200. The summed E-state index contributed by atoms with van der Waals surface area (Å²) in [7, 11) is 5.03. The number of rotatable bonds is 9. The van der Waals surface area contributed by atoms with Gasteiger partial charge in [-0.3, -0.25) is 0 Å². The number of hydrogen-bond acceptors (Lipinski definition) is 5. The number of thioether (sulfide) groups is 1. The molecule has 0 saturated carbocycles. The number of methoxy groups -OCH3 is 3. The minimum absolute atomic E-state index is 0.0578. The number of benzene rings is 1. The van der Waals surface area contributed by atoms with Crippen molar-refractivity contribution in [1.82, 2.24) is 0 Å². The van der Waals surface area contributed by atoms with Gasteiger partial charge in [0.1, 0.15) is 11.5 Å². The molecule has 1 aromatic carbocycles. The SMILES string of the molecule is COCCCSCC(N)c1cc(OC)ccc1OC. The topological polar surface area (TPSA) is 53.7 Å². The van der Waals surface area contributed by atoms with Crippen LogP contribution in [0.15, 0.2) is 18.2 Å². The van der Waals surface area contributed by atoms with E-state index in [2.05, 4.69) is 0 Å². The molecule has 0 radical (unpaired) electrons. The van der Waals surface area contributed by atoms with E-state index in [9.17, 15) is 0 Å². The van der Waals surface area contributed by atoms with Crippen LogP contribution in [0.25, 0.3) is 0 Å². The summed E-state index contributed by atoms with van der Waals surface area (Å²) in [4.78, 5) is 0. The van der Waals surface area contributed by atoms with E-state index in [-0.39, 0.29) is 6.04 Å². The highest BCUT2D eigenvalue weighted by molar-refractivity contribution is 7.99. The van der Waals surface area contributed by atoms with E-state index < -0.39 is 0 Å². The standard InChI is InChI=1S/C14H23NO3S/c1-16-7-4-8-19-10-13(15)12-9-11(17-2)5-6-14(12)18-3/h5-6,9,13H,4,7-8,10,15H2,1-3H3. The van der Waals surface area contributed by atoms with Crippen LogP contribution < -0.4 is 15.2 Å².